The third-order valence-electron chi connectivity index (χ3n) is 3.36. The lowest BCUT2D eigenvalue weighted by atomic mass is 10.2. The molecular weight excluding hydrogens is 472 g/mol. The largest absolute Gasteiger partial charge is 0.360 e. The molecule has 4 aromatic rings. The van der Waals surface area contributed by atoms with Crippen molar-refractivity contribution in [1.82, 2.24) is 9.97 Å². The fourth-order valence-corrected chi connectivity index (χ4v) is 2.75. The molecule has 0 aliphatic rings. The summed E-state index contributed by atoms with van der Waals surface area (Å²) in [4.78, 5) is 16.5. The van der Waals surface area contributed by atoms with Gasteiger partial charge in [0.15, 0.2) is 6.29 Å². The predicted octanol–water partition coefficient (Wildman–Crippen LogP) is 8.27. The van der Waals surface area contributed by atoms with Gasteiger partial charge in [0.2, 0.25) is 0 Å². The number of aldehydes is 1. The van der Waals surface area contributed by atoms with Gasteiger partial charge in [-0.15, -0.1) is 0 Å². The first-order valence-electron chi connectivity index (χ1n) is 7.32. The lowest BCUT2D eigenvalue weighted by Gasteiger charge is -1.91. The molecule has 0 atom stereocenters. The van der Waals surface area contributed by atoms with Gasteiger partial charge < -0.3 is 9.97 Å². The van der Waals surface area contributed by atoms with Crippen molar-refractivity contribution < 1.29 is 9.36 Å². The number of hydrogen-bond acceptors (Lipinski definition) is 2. The fraction of sp³-hybridized carbons (Fsp3) is 0. The molecule has 0 spiro atoms. The van der Waals surface area contributed by atoms with E-state index < -0.39 is 5.20 Å². The Kier molecular flexibility index (Phi) is 8.11. The average molecular weight is 485 g/mol. The second kappa shape index (κ2) is 9.88. The van der Waals surface area contributed by atoms with Gasteiger partial charge in [0.05, 0.1) is 21.1 Å². The summed E-state index contributed by atoms with van der Waals surface area (Å²) in [5.74, 6) is 0. The number of benzene rings is 2. The lowest BCUT2D eigenvalue weighted by molar-refractivity contribution is 0.112. The summed E-state index contributed by atoms with van der Waals surface area (Å²) in [7, 11) is 0. The third kappa shape index (κ3) is 6.76. The highest BCUT2D eigenvalue weighted by Gasteiger charge is 2.04. The number of fused-ring (bicyclic) bond motifs is 2. The Hall–Kier alpha value is -1.13. The van der Waals surface area contributed by atoms with E-state index in [-0.39, 0.29) is 0 Å². The zero-order chi connectivity index (χ0) is 20.0. The number of aromatic nitrogens is 2. The number of carbonyl (C=O) groups is 1. The van der Waals surface area contributed by atoms with E-state index in [1.54, 1.807) is 12.3 Å². The van der Waals surface area contributed by atoms with Crippen LogP contribution >= 0.6 is 62.1 Å². The summed E-state index contributed by atoms with van der Waals surface area (Å²) in [6.07, 6.45) is 4.36. The average Bonchev–Trinajstić information content (AvgIpc) is 3.21. The summed E-state index contributed by atoms with van der Waals surface area (Å²) in [6, 6.07) is 13.3. The molecule has 0 amide bonds. The van der Waals surface area contributed by atoms with Crippen LogP contribution in [0.4, 0.5) is 0 Å². The van der Waals surface area contributed by atoms with E-state index in [0.29, 0.717) is 10.6 Å². The molecule has 2 aromatic carbocycles. The van der Waals surface area contributed by atoms with E-state index in [1.807, 2.05) is 42.6 Å². The van der Waals surface area contributed by atoms with Gasteiger partial charge in [-0.25, -0.2) is 0 Å². The molecule has 142 valence electrons. The van der Waals surface area contributed by atoms with Gasteiger partial charge in [-0.05, 0) is 51.9 Å². The van der Waals surface area contributed by atoms with Gasteiger partial charge in [-0.3, -0.25) is 9.36 Å². The molecule has 0 fully saturated rings. The lowest BCUT2D eigenvalue weighted by Crippen LogP contribution is -1.73. The molecule has 4 nitrogen and oxygen atoms in total. The number of halogens is 5. The molecule has 10 heteroatoms. The fourth-order valence-electron chi connectivity index (χ4n) is 2.28. The first-order chi connectivity index (χ1) is 12.7. The topological polar surface area (TPSA) is 65.7 Å². The maximum absolute atomic E-state index is 10.5. The highest BCUT2D eigenvalue weighted by atomic mass is 36.0. The second-order valence-electron chi connectivity index (χ2n) is 5.10. The van der Waals surface area contributed by atoms with Crippen LogP contribution in [-0.2, 0) is 4.57 Å². The van der Waals surface area contributed by atoms with E-state index in [1.165, 1.54) is 0 Å². The van der Waals surface area contributed by atoms with Crippen LogP contribution in [0.25, 0.3) is 21.8 Å². The van der Waals surface area contributed by atoms with Gasteiger partial charge in [-0.1, -0.05) is 47.5 Å². The van der Waals surface area contributed by atoms with Gasteiger partial charge in [0.1, 0.15) is 0 Å². The molecule has 2 N–H and O–H groups in total. The highest BCUT2D eigenvalue weighted by molar-refractivity contribution is 8.24. The van der Waals surface area contributed by atoms with Crippen LogP contribution in [0.15, 0.2) is 54.9 Å². The summed E-state index contributed by atoms with van der Waals surface area (Å²) in [5, 5.41) is 0.230. The number of H-pyrrole nitrogens is 2. The number of hydrogen-bond donors (Lipinski definition) is 2. The quantitative estimate of drug-likeness (QED) is 0.211. The van der Waals surface area contributed by atoms with Crippen molar-refractivity contribution in [2.75, 3.05) is 0 Å². The zero-order valence-corrected chi connectivity index (χ0v) is 18.1. The number of nitrogens with one attached hydrogen (secondary N) is 2. The SMILES string of the molecule is Clc1cccc2cc[nH]c12.O=Cc1c[nH]c2c(Cl)cccc12.O=P(Cl)(Cl)Cl. The molecule has 0 aliphatic heterocycles. The summed E-state index contributed by atoms with van der Waals surface area (Å²) in [6.45, 7) is 0. The van der Waals surface area contributed by atoms with Crippen molar-refractivity contribution in [3.8, 4) is 0 Å². The Labute approximate surface area is 179 Å². The van der Waals surface area contributed by atoms with Crippen molar-refractivity contribution in [3.05, 3.63) is 70.5 Å². The van der Waals surface area contributed by atoms with E-state index >= 15 is 0 Å². The maximum atomic E-state index is 10.5. The summed E-state index contributed by atoms with van der Waals surface area (Å²) >= 11 is 25.6. The van der Waals surface area contributed by atoms with Crippen LogP contribution in [0.5, 0.6) is 0 Å². The van der Waals surface area contributed by atoms with E-state index in [9.17, 15) is 9.36 Å². The number of para-hydroxylation sites is 2. The van der Waals surface area contributed by atoms with Crippen LogP contribution in [0, 0.1) is 0 Å². The van der Waals surface area contributed by atoms with E-state index in [4.69, 9.17) is 23.2 Å². The Bertz CT molecular complexity index is 1090. The molecule has 0 saturated heterocycles. The first-order valence-corrected chi connectivity index (χ1v) is 12.5. The van der Waals surface area contributed by atoms with Gasteiger partial charge in [0.25, 0.3) is 0 Å². The number of rotatable bonds is 1. The Morgan fingerprint density at radius 3 is 2.04 bits per heavy atom. The minimum atomic E-state index is -3.22. The molecule has 0 saturated carbocycles. The smallest absolute Gasteiger partial charge is 0.339 e. The molecular formula is C17H12Cl5N2O2P. The van der Waals surface area contributed by atoms with Crippen molar-refractivity contribution in [2.24, 2.45) is 0 Å². The standard InChI is InChI=1S/C9H6ClNO.C8H6ClN.Cl3OP/c10-8-3-1-2-7-6(5-12)4-11-9(7)8;9-7-3-1-2-6-4-5-10-8(6)7;1-5(2,3)4/h1-5,11H;1-5,10H;. The van der Waals surface area contributed by atoms with Crippen LogP contribution in [0.2, 0.25) is 10.0 Å². The summed E-state index contributed by atoms with van der Waals surface area (Å²) in [5.41, 5.74) is 2.48. The minimum absolute atomic E-state index is 0.639. The number of aromatic amines is 2. The normalized spacial score (nSPS) is 10.7. The first kappa shape index (κ1) is 22.2. The van der Waals surface area contributed by atoms with Gasteiger partial charge in [-0.2, -0.15) is 0 Å². The Morgan fingerprint density at radius 2 is 1.44 bits per heavy atom. The van der Waals surface area contributed by atoms with Crippen LogP contribution in [0.1, 0.15) is 10.4 Å². The Balaban J connectivity index is 0.000000158. The molecule has 27 heavy (non-hydrogen) atoms. The van der Waals surface area contributed by atoms with E-state index in [0.717, 1.165) is 33.1 Å². The molecule has 2 aromatic heterocycles. The summed E-state index contributed by atoms with van der Waals surface area (Å²) < 4.78 is 9.51. The van der Waals surface area contributed by atoms with Crippen molar-refractivity contribution in [2.45, 2.75) is 0 Å². The molecule has 0 radical (unpaired) electrons. The molecule has 0 aliphatic carbocycles. The molecule has 4 rings (SSSR count). The van der Waals surface area contributed by atoms with Crippen molar-refractivity contribution in [3.63, 3.8) is 0 Å². The van der Waals surface area contributed by atoms with Crippen LogP contribution in [0.3, 0.4) is 0 Å². The second-order valence-corrected chi connectivity index (χ2v) is 12.6. The van der Waals surface area contributed by atoms with Crippen LogP contribution in [-0.4, -0.2) is 16.3 Å². The van der Waals surface area contributed by atoms with Crippen molar-refractivity contribution >= 4 is 90.2 Å². The number of carbonyl (C=O) groups excluding carboxylic acids is 1. The third-order valence-corrected chi connectivity index (χ3v) is 3.99. The van der Waals surface area contributed by atoms with Crippen molar-refractivity contribution in [1.29, 1.82) is 0 Å². The maximum Gasteiger partial charge on any atom is 0.339 e. The molecule has 0 unspecified atom stereocenters. The molecule has 0 bridgehead atoms. The molecule has 2 heterocycles. The van der Waals surface area contributed by atoms with Crippen LogP contribution < -0.4 is 0 Å². The predicted molar refractivity (Wildman–Crippen MR) is 117 cm³/mol. The van der Waals surface area contributed by atoms with Gasteiger partial charge in [0, 0.05) is 28.7 Å². The van der Waals surface area contributed by atoms with E-state index in [2.05, 4.69) is 43.7 Å². The highest BCUT2D eigenvalue weighted by Crippen LogP contribution is 2.61. The minimum Gasteiger partial charge on any atom is -0.360 e. The Morgan fingerprint density at radius 1 is 0.852 bits per heavy atom. The monoisotopic (exact) mass is 482 g/mol. The van der Waals surface area contributed by atoms with Gasteiger partial charge >= 0.3 is 5.20 Å². The zero-order valence-electron chi connectivity index (χ0n) is 13.4.